The zero-order chi connectivity index (χ0) is 26.7. The van der Waals surface area contributed by atoms with E-state index in [1.54, 1.807) is 0 Å². The fourth-order valence-electron chi connectivity index (χ4n) is 4.90. The number of aryl methyl sites for hydroxylation is 1. The topological polar surface area (TPSA) is 63.8 Å². The lowest BCUT2D eigenvalue weighted by molar-refractivity contribution is 0.0527. The molecule has 4 rings (SSSR count). The van der Waals surface area contributed by atoms with E-state index >= 15 is 0 Å². The van der Waals surface area contributed by atoms with Crippen LogP contribution in [0.3, 0.4) is 0 Å². The molecule has 0 amide bonds. The molecule has 1 aliphatic heterocycles. The van der Waals surface area contributed by atoms with Gasteiger partial charge >= 0.3 is 5.97 Å². The van der Waals surface area contributed by atoms with Crippen molar-refractivity contribution in [3.8, 4) is 22.5 Å². The third-order valence-corrected chi connectivity index (χ3v) is 7.09. The van der Waals surface area contributed by atoms with Gasteiger partial charge in [-0.3, -0.25) is 4.99 Å². The summed E-state index contributed by atoms with van der Waals surface area (Å²) in [5, 5.41) is 5.44. The lowest BCUT2D eigenvalue weighted by atomic mass is 9.85. The van der Waals surface area contributed by atoms with Crippen molar-refractivity contribution in [2.45, 2.75) is 54.4 Å². The van der Waals surface area contributed by atoms with E-state index in [9.17, 15) is 4.79 Å². The first-order chi connectivity index (χ1) is 17.8. The number of ether oxygens (including phenoxy) is 1. The molecular formula is C32H38N2O3. The average molecular weight is 499 g/mol. The van der Waals surface area contributed by atoms with E-state index in [4.69, 9.17) is 9.15 Å². The SMILES string of the molecule is CCN=c1cc2oc3cc(NCC)c([C@@H](C)C(C)C)cc3c(-c3ccccc3C(=O)OCC)c-2cc1C. The molecule has 0 aromatic heterocycles. The van der Waals surface area contributed by atoms with Crippen molar-refractivity contribution in [1.82, 2.24) is 0 Å². The molecule has 0 fully saturated rings. The smallest absolute Gasteiger partial charge is 0.338 e. The summed E-state index contributed by atoms with van der Waals surface area (Å²) in [4.78, 5) is 17.7. The van der Waals surface area contributed by atoms with Gasteiger partial charge in [-0.05, 0) is 74.4 Å². The number of rotatable bonds is 8. The Hall–Kier alpha value is -3.60. The summed E-state index contributed by atoms with van der Waals surface area (Å²) in [5.74, 6) is 1.21. The zero-order valence-corrected chi connectivity index (χ0v) is 23.1. The molecule has 0 radical (unpaired) electrons. The van der Waals surface area contributed by atoms with Crippen molar-refractivity contribution in [2.24, 2.45) is 10.9 Å². The number of nitrogens with one attached hydrogen (secondary N) is 1. The Morgan fingerprint density at radius 1 is 1.03 bits per heavy atom. The fourth-order valence-corrected chi connectivity index (χ4v) is 4.90. The molecule has 194 valence electrons. The summed E-state index contributed by atoms with van der Waals surface area (Å²) < 4.78 is 12.0. The Morgan fingerprint density at radius 2 is 1.78 bits per heavy atom. The lowest BCUT2D eigenvalue weighted by Gasteiger charge is -2.24. The molecule has 0 saturated carbocycles. The Morgan fingerprint density at radius 3 is 2.46 bits per heavy atom. The molecule has 0 bridgehead atoms. The molecule has 37 heavy (non-hydrogen) atoms. The average Bonchev–Trinajstić information content (AvgIpc) is 2.88. The first kappa shape index (κ1) is 26.5. The quantitative estimate of drug-likeness (QED) is 0.199. The van der Waals surface area contributed by atoms with Crippen LogP contribution in [0.2, 0.25) is 0 Å². The van der Waals surface area contributed by atoms with Gasteiger partial charge in [0, 0.05) is 47.4 Å². The summed E-state index contributed by atoms with van der Waals surface area (Å²) in [6, 6.07) is 16.2. The molecule has 1 aliphatic carbocycles. The number of anilines is 1. The van der Waals surface area contributed by atoms with E-state index < -0.39 is 0 Å². The van der Waals surface area contributed by atoms with Gasteiger partial charge in [0.25, 0.3) is 0 Å². The van der Waals surface area contributed by atoms with Gasteiger partial charge < -0.3 is 14.5 Å². The number of hydrogen-bond acceptors (Lipinski definition) is 5. The van der Waals surface area contributed by atoms with E-state index in [0.29, 0.717) is 30.6 Å². The molecule has 5 heteroatoms. The van der Waals surface area contributed by atoms with Gasteiger partial charge in [-0.1, -0.05) is 39.0 Å². The van der Waals surface area contributed by atoms with Gasteiger partial charge in [-0.25, -0.2) is 4.79 Å². The molecule has 0 unspecified atom stereocenters. The Labute approximate surface area is 219 Å². The Balaban J connectivity index is 2.19. The van der Waals surface area contributed by atoms with Gasteiger partial charge in [0.2, 0.25) is 0 Å². The minimum atomic E-state index is -0.324. The molecule has 1 heterocycles. The van der Waals surface area contributed by atoms with Crippen molar-refractivity contribution in [2.75, 3.05) is 25.0 Å². The van der Waals surface area contributed by atoms with Crippen LogP contribution in [0.4, 0.5) is 5.69 Å². The van der Waals surface area contributed by atoms with Crippen LogP contribution < -0.4 is 10.7 Å². The second-order valence-corrected chi connectivity index (χ2v) is 9.85. The van der Waals surface area contributed by atoms with Gasteiger partial charge in [-0.2, -0.15) is 0 Å². The maximum absolute atomic E-state index is 13.1. The number of carbonyl (C=O) groups is 1. The van der Waals surface area contributed by atoms with Crippen molar-refractivity contribution >= 4 is 22.6 Å². The first-order valence-corrected chi connectivity index (χ1v) is 13.4. The second-order valence-electron chi connectivity index (χ2n) is 9.85. The second kappa shape index (κ2) is 11.2. The summed E-state index contributed by atoms with van der Waals surface area (Å²) in [5.41, 5.74) is 7.47. The number of esters is 1. The molecule has 1 atom stereocenters. The van der Waals surface area contributed by atoms with Crippen molar-refractivity contribution in [3.05, 3.63) is 70.6 Å². The zero-order valence-electron chi connectivity index (χ0n) is 23.1. The Bertz CT molecular complexity index is 1470. The van der Waals surface area contributed by atoms with Crippen molar-refractivity contribution in [3.63, 3.8) is 0 Å². The van der Waals surface area contributed by atoms with Crippen LogP contribution >= 0.6 is 0 Å². The number of nitrogens with zero attached hydrogens (tertiary/aromatic N) is 1. The van der Waals surface area contributed by atoms with E-state index in [-0.39, 0.29) is 5.97 Å². The first-order valence-electron chi connectivity index (χ1n) is 13.4. The van der Waals surface area contributed by atoms with Crippen LogP contribution in [0.25, 0.3) is 33.4 Å². The number of carbonyl (C=O) groups excluding carboxylic acids is 1. The fraction of sp³-hybridized carbons (Fsp3) is 0.375. The summed E-state index contributed by atoms with van der Waals surface area (Å²) >= 11 is 0. The van der Waals surface area contributed by atoms with E-state index in [1.165, 1.54) is 5.56 Å². The Kier molecular flexibility index (Phi) is 8.01. The maximum Gasteiger partial charge on any atom is 0.338 e. The predicted octanol–water partition coefficient (Wildman–Crippen LogP) is 7.80. The standard InChI is InChI=1S/C32H38N2O3/c1-8-33-27-17-29-25(15-20(27)6)31(22-13-11-12-14-23(22)32(35)36-10-3)26-16-24(21(7)19(4)5)28(34-9-2)18-30(26)37-29/h11-19,21,34H,8-10H2,1-7H3/t21-/m0/s1. The minimum Gasteiger partial charge on any atom is -0.462 e. The van der Waals surface area contributed by atoms with Crippen molar-refractivity contribution in [1.29, 1.82) is 0 Å². The normalized spacial score (nSPS) is 12.9. The summed E-state index contributed by atoms with van der Waals surface area (Å²) in [7, 11) is 0. The van der Waals surface area contributed by atoms with Crippen LogP contribution in [-0.4, -0.2) is 25.7 Å². The van der Waals surface area contributed by atoms with Crippen LogP contribution in [0, 0.1) is 12.8 Å². The molecule has 5 nitrogen and oxygen atoms in total. The third kappa shape index (κ3) is 5.13. The van der Waals surface area contributed by atoms with Crippen LogP contribution in [0.1, 0.15) is 68.9 Å². The largest absolute Gasteiger partial charge is 0.462 e. The number of benzene rings is 3. The molecule has 2 aromatic rings. The van der Waals surface area contributed by atoms with Crippen LogP contribution in [-0.2, 0) is 4.74 Å². The maximum atomic E-state index is 13.1. The molecular weight excluding hydrogens is 460 g/mol. The predicted molar refractivity (Wildman–Crippen MR) is 152 cm³/mol. The number of hydrogen-bond donors (Lipinski definition) is 1. The minimum absolute atomic E-state index is 0.321. The summed E-state index contributed by atoms with van der Waals surface area (Å²) in [6.07, 6.45) is 0. The van der Waals surface area contributed by atoms with Crippen molar-refractivity contribution < 1.29 is 13.9 Å². The lowest BCUT2D eigenvalue weighted by Crippen LogP contribution is -2.11. The van der Waals surface area contributed by atoms with Gasteiger partial charge in [0.05, 0.1) is 17.5 Å². The molecule has 2 aromatic carbocycles. The van der Waals surface area contributed by atoms with Crippen LogP contribution in [0.15, 0.2) is 57.9 Å². The highest BCUT2D eigenvalue weighted by Gasteiger charge is 2.25. The van der Waals surface area contributed by atoms with Gasteiger partial charge in [0.1, 0.15) is 11.3 Å². The molecule has 0 spiro atoms. The van der Waals surface area contributed by atoms with Gasteiger partial charge in [-0.15, -0.1) is 0 Å². The van der Waals surface area contributed by atoms with E-state index in [2.05, 4.69) is 63.1 Å². The van der Waals surface area contributed by atoms with Gasteiger partial charge in [0.15, 0.2) is 0 Å². The molecule has 0 saturated heterocycles. The summed E-state index contributed by atoms with van der Waals surface area (Å²) in [6.45, 7) is 16.6. The third-order valence-electron chi connectivity index (χ3n) is 7.09. The molecule has 2 aliphatic rings. The van der Waals surface area contributed by atoms with Crippen LogP contribution in [0.5, 0.6) is 0 Å². The van der Waals surface area contributed by atoms with E-state index in [0.717, 1.165) is 56.6 Å². The highest BCUT2D eigenvalue weighted by atomic mass is 16.5. The highest BCUT2D eigenvalue weighted by Crippen LogP contribution is 2.44. The molecule has 1 N–H and O–H groups in total. The highest BCUT2D eigenvalue weighted by molar-refractivity contribution is 6.08. The number of fused-ring (bicyclic) bond motifs is 2. The monoisotopic (exact) mass is 498 g/mol. The van der Waals surface area contributed by atoms with E-state index in [1.807, 2.05) is 44.2 Å².